The fourth-order valence-corrected chi connectivity index (χ4v) is 0.666. The molecule has 0 bridgehead atoms. The molecule has 0 aromatic carbocycles. The standard InChI is InChI=1S/C8H18N2O.C2H6/c1-7(2)10(4)6-5-9-8(3)11;1-2/h7H,5-6H2,1-4H3,(H,9,11);1-2H3. The summed E-state index contributed by atoms with van der Waals surface area (Å²) in [6.45, 7) is 11.5. The van der Waals surface area contributed by atoms with Crippen LogP contribution in [0, 0.1) is 0 Å². The fraction of sp³-hybridized carbons (Fsp3) is 0.900. The minimum Gasteiger partial charge on any atom is -0.355 e. The number of hydrogen-bond donors (Lipinski definition) is 1. The lowest BCUT2D eigenvalue weighted by Crippen LogP contribution is -2.35. The third-order valence-corrected chi connectivity index (χ3v) is 1.72. The normalized spacial score (nSPS) is 9.54. The monoisotopic (exact) mass is 188 g/mol. The molecule has 0 radical (unpaired) electrons. The number of hydrogen-bond acceptors (Lipinski definition) is 2. The molecule has 0 unspecified atom stereocenters. The maximum atomic E-state index is 10.5. The van der Waals surface area contributed by atoms with Crippen LogP contribution in [0.4, 0.5) is 0 Å². The molecule has 0 atom stereocenters. The van der Waals surface area contributed by atoms with Crippen LogP contribution in [0.25, 0.3) is 0 Å². The van der Waals surface area contributed by atoms with Crippen LogP contribution in [0.15, 0.2) is 0 Å². The highest BCUT2D eigenvalue weighted by molar-refractivity contribution is 5.72. The topological polar surface area (TPSA) is 32.3 Å². The zero-order valence-electron chi connectivity index (χ0n) is 9.85. The Labute approximate surface area is 82.5 Å². The quantitative estimate of drug-likeness (QED) is 0.725. The van der Waals surface area contributed by atoms with E-state index in [9.17, 15) is 4.79 Å². The summed E-state index contributed by atoms with van der Waals surface area (Å²) in [7, 11) is 2.05. The van der Waals surface area contributed by atoms with Crippen molar-refractivity contribution in [3.05, 3.63) is 0 Å². The Bertz CT molecular complexity index is 124. The molecule has 0 fully saturated rings. The van der Waals surface area contributed by atoms with E-state index in [1.54, 1.807) is 0 Å². The maximum Gasteiger partial charge on any atom is 0.216 e. The Morgan fingerprint density at radius 1 is 1.38 bits per heavy atom. The van der Waals surface area contributed by atoms with Gasteiger partial charge in [-0.2, -0.15) is 0 Å². The van der Waals surface area contributed by atoms with E-state index in [1.807, 2.05) is 20.9 Å². The minimum atomic E-state index is 0.0437. The van der Waals surface area contributed by atoms with Crippen molar-refractivity contribution in [2.24, 2.45) is 0 Å². The largest absolute Gasteiger partial charge is 0.355 e. The zero-order chi connectivity index (χ0) is 10.9. The molecule has 0 saturated carbocycles. The maximum absolute atomic E-state index is 10.5. The third kappa shape index (κ3) is 11.4. The van der Waals surface area contributed by atoms with Crippen molar-refractivity contribution in [1.29, 1.82) is 0 Å². The Morgan fingerprint density at radius 2 is 1.85 bits per heavy atom. The lowest BCUT2D eigenvalue weighted by Gasteiger charge is -2.20. The number of nitrogens with one attached hydrogen (secondary N) is 1. The van der Waals surface area contributed by atoms with Crippen molar-refractivity contribution >= 4 is 5.91 Å². The second kappa shape index (κ2) is 9.52. The van der Waals surface area contributed by atoms with E-state index in [0.29, 0.717) is 6.04 Å². The predicted octanol–water partition coefficient (Wildman–Crippen LogP) is 1.49. The summed E-state index contributed by atoms with van der Waals surface area (Å²) in [4.78, 5) is 12.7. The van der Waals surface area contributed by atoms with Gasteiger partial charge < -0.3 is 10.2 Å². The molecule has 0 aromatic rings. The van der Waals surface area contributed by atoms with E-state index in [1.165, 1.54) is 6.92 Å². The molecule has 0 aliphatic rings. The second-order valence-electron chi connectivity index (χ2n) is 3.06. The molecule has 0 aliphatic heterocycles. The molecule has 3 heteroatoms. The fourth-order valence-electron chi connectivity index (χ4n) is 0.666. The molecule has 0 aromatic heterocycles. The Hall–Kier alpha value is -0.570. The van der Waals surface area contributed by atoms with Gasteiger partial charge in [0.2, 0.25) is 5.91 Å². The molecule has 13 heavy (non-hydrogen) atoms. The Balaban J connectivity index is 0. The van der Waals surface area contributed by atoms with Crippen LogP contribution in [0.5, 0.6) is 0 Å². The molecule has 0 aliphatic carbocycles. The van der Waals surface area contributed by atoms with Crippen molar-refractivity contribution in [3.8, 4) is 0 Å². The van der Waals surface area contributed by atoms with Gasteiger partial charge in [-0.05, 0) is 20.9 Å². The molecule has 0 rings (SSSR count). The summed E-state index contributed by atoms with van der Waals surface area (Å²) in [5, 5.41) is 2.75. The molecule has 0 heterocycles. The second-order valence-corrected chi connectivity index (χ2v) is 3.06. The number of amides is 1. The molecule has 80 valence electrons. The molecular formula is C10H24N2O. The van der Waals surface area contributed by atoms with Gasteiger partial charge in [-0.1, -0.05) is 13.8 Å². The van der Waals surface area contributed by atoms with Crippen LogP contribution < -0.4 is 5.32 Å². The lowest BCUT2D eigenvalue weighted by molar-refractivity contribution is -0.119. The number of carbonyl (C=O) groups is 1. The van der Waals surface area contributed by atoms with Crippen LogP contribution in [-0.2, 0) is 4.79 Å². The number of rotatable bonds is 4. The van der Waals surface area contributed by atoms with Gasteiger partial charge in [0.05, 0.1) is 0 Å². The molecule has 0 saturated heterocycles. The van der Waals surface area contributed by atoms with Crippen LogP contribution >= 0.6 is 0 Å². The summed E-state index contributed by atoms with van der Waals surface area (Å²) < 4.78 is 0. The van der Waals surface area contributed by atoms with Gasteiger partial charge in [0.1, 0.15) is 0 Å². The van der Waals surface area contributed by atoms with Crippen molar-refractivity contribution < 1.29 is 4.79 Å². The Kier molecular flexibility index (Phi) is 10.9. The van der Waals surface area contributed by atoms with Crippen molar-refractivity contribution in [2.45, 2.75) is 40.7 Å². The van der Waals surface area contributed by atoms with Gasteiger partial charge in [-0.3, -0.25) is 4.79 Å². The molecular weight excluding hydrogens is 164 g/mol. The summed E-state index contributed by atoms with van der Waals surface area (Å²) in [5.74, 6) is 0.0437. The highest BCUT2D eigenvalue weighted by Gasteiger charge is 2.01. The number of carbonyl (C=O) groups excluding carboxylic acids is 1. The van der Waals surface area contributed by atoms with E-state index in [4.69, 9.17) is 0 Å². The van der Waals surface area contributed by atoms with E-state index in [2.05, 4.69) is 24.1 Å². The van der Waals surface area contributed by atoms with Gasteiger partial charge in [0.25, 0.3) is 0 Å². The first-order chi connectivity index (χ1) is 6.04. The minimum absolute atomic E-state index is 0.0437. The van der Waals surface area contributed by atoms with Crippen molar-refractivity contribution in [3.63, 3.8) is 0 Å². The number of nitrogens with zero attached hydrogens (tertiary/aromatic N) is 1. The first-order valence-corrected chi connectivity index (χ1v) is 4.98. The summed E-state index contributed by atoms with van der Waals surface area (Å²) >= 11 is 0. The molecule has 1 N–H and O–H groups in total. The Morgan fingerprint density at radius 3 is 2.15 bits per heavy atom. The highest BCUT2D eigenvalue weighted by atomic mass is 16.1. The van der Waals surface area contributed by atoms with Gasteiger partial charge in [0.15, 0.2) is 0 Å². The highest BCUT2D eigenvalue weighted by Crippen LogP contribution is 1.90. The molecule has 1 amide bonds. The summed E-state index contributed by atoms with van der Waals surface area (Å²) in [5.41, 5.74) is 0. The average molecular weight is 188 g/mol. The van der Waals surface area contributed by atoms with E-state index in [0.717, 1.165) is 13.1 Å². The average Bonchev–Trinajstić information content (AvgIpc) is 2.07. The van der Waals surface area contributed by atoms with Crippen LogP contribution in [0.1, 0.15) is 34.6 Å². The van der Waals surface area contributed by atoms with Gasteiger partial charge in [-0.25, -0.2) is 0 Å². The smallest absolute Gasteiger partial charge is 0.216 e. The summed E-state index contributed by atoms with van der Waals surface area (Å²) in [6.07, 6.45) is 0. The first-order valence-electron chi connectivity index (χ1n) is 4.98. The molecule has 3 nitrogen and oxygen atoms in total. The van der Waals surface area contributed by atoms with Gasteiger partial charge in [-0.15, -0.1) is 0 Å². The van der Waals surface area contributed by atoms with Crippen LogP contribution in [-0.4, -0.2) is 37.0 Å². The lowest BCUT2D eigenvalue weighted by atomic mass is 10.3. The third-order valence-electron chi connectivity index (χ3n) is 1.72. The zero-order valence-corrected chi connectivity index (χ0v) is 9.85. The number of likely N-dealkylation sites (N-methyl/N-ethyl adjacent to an activating group) is 1. The van der Waals surface area contributed by atoms with E-state index < -0.39 is 0 Å². The van der Waals surface area contributed by atoms with E-state index >= 15 is 0 Å². The van der Waals surface area contributed by atoms with Crippen LogP contribution in [0.2, 0.25) is 0 Å². The van der Waals surface area contributed by atoms with Gasteiger partial charge >= 0.3 is 0 Å². The first kappa shape index (κ1) is 14.9. The SMILES string of the molecule is CC.CC(=O)NCCN(C)C(C)C. The van der Waals surface area contributed by atoms with Crippen molar-refractivity contribution in [2.75, 3.05) is 20.1 Å². The van der Waals surface area contributed by atoms with Gasteiger partial charge in [0, 0.05) is 26.1 Å². The predicted molar refractivity (Wildman–Crippen MR) is 57.8 cm³/mol. The molecule has 0 spiro atoms. The van der Waals surface area contributed by atoms with Crippen molar-refractivity contribution in [1.82, 2.24) is 10.2 Å². The summed E-state index contributed by atoms with van der Waals surface area (Å²) in [6, 6.07) is 0.545. The van der Waals surface area contributed by atoms with E-state index in [-0.39, 0.29) is 5.91 Å². The van der Waals surface area contributed by atoms with Crippen LogP contribution in [0.3, 0.4) is 0 Å².